The van der Waals surface area contributed by atoms with Crippen molar-refractivity contribution in [2.45, 2.75) is 38.5 Å². The van der Waals surface area contributed by atoms with E-state index in [1.807, 2.05) is 17.0 Å². The Labute approximate surface area is 195 Å². The first-order valence-corrected chi connectivity index (χ1v) is 10.7. The molecule has 2 aliphatic heterocycles. The molecule has 1 atom stereocenters. The number of guanidine groups is 1. The van der Waals surface area contributed by atoms with Gasteiger partial charge in [-0.05, 0) is 43.5 Å². The third-order valence-electron chi connectivity index (χ3n) is 5.78. The fourth-order valence-corrected chi connectivity index (χ4v) is 4.32. The molecule has 162 valence electrons. The van der Waals surface area contributed by atoms with Crippen LogP contribution < -0.4 is 10.2 Å². The molecule has 0 bridgehead atoms. The fraction of sp³-hybridized carbons (Fsp3) is 0.478. The van der Waals surface area contributed by atoms with E-state index in [4.69, 9.17) is 9.41 Å². The van der Waals surface area contributed by atoms with E-state index in [1.165, 1.54) is 11.3 Å². The van der Waals surface area contributed by atoms with Crippen LogP contribution in [0.1, 0.15) is 43.4 Å². The number of anilines is 1. The summed E-state index contributed by atoms with van der Waals surface area (Å²) in [6.07, 6.45) is 5.19. The molecule has 30 heavy (non-hydrogen) atoms. The Kier molecular flexibility index (Phi) is 8.18. The maximum Gasteiger partial charge on any atom is 0.222 e. The summed E-state index contributed by atoms with van der Waals surface area (Å²) in [5.41, 5.74) is 2.58. The van der Waals surface area contributed by atoms with Gasteiger partial charge in [0.05, 0.1) is 6.26 Å². The smallest absolute Gasteiger partial charge is 0.222 e. The summed E-state index contributed by atoms with van der Waals surface area (Å²) in [6.45, 7) is 6.26. The maximum atomic E-state index is 12.0. The van der Waals surface area contributed by atoms with E-state index >= 15 is 0 Å². The van der Waals surface area contributed by atoms with Crippen molar-refractivity contribution in [3.8, 4) is 0 Å². The van der Waals surface area contributed by atoms with Crippen molar-refractivity contribution in [3.63, 3.8) is 0 Å². The molecule has 1 fully saturated rings. The van der Waals surface area contributed by atoms with Crippen LogP contribution in [0, 0.1) is 0 Å². The summed E-state index contributed by atoms with van der Waals surface area (Å²) in [6, 6.07) is 12.5. The largest absolute Gasteiger partial charge is 0.469 e. The first kappa shape index (κ1) is 22.7. The van der Waals surface area contributed by atoms with Crippen LogP contribution in [0.2, 0.25) is 0 Å². The minimum atomic E-state index is 0. The van der Waals surface area contributed by atoms with Crippen molar-refractivity contribution in [1.29, 1.82) is 0 Å². The number of hydrogen-bond acceptors (Lipinski definition) is 3. The number of aliphatic imine (C=N–C) groups is 1. The highest BCUT2D eigenvalue weighted by molar-refractivity contribution is 14.0. The molecular formula is C23H31IN4O2. The van der Waals surface area contributed by atoms with Crippen LogP contribution in [0.4, 0.5) is 5.69 Å². The number of carbonyl (C=O) groups excluding carboxylic acids is 1. The average Bonchev–Trinajstić information content (AvgIpc) is 3.46. The molecular weight excluding hydrogens is 491 g/mol. The van der Waals surface area contributed by atoms with Gasteiger partial charge in [-0.1, -0.05) is 18.2 Å². The Morgan fingerprint density at radius 2 is 2.13 bits per heavy atom. The van der Waals surface area contributed by atoms with Gasteiger partial charge in [0.15, 0.2) is 5.96 Å². The predicted octanol–water partition coefficient (Wildman–Crippen LogP) is 4.02. The van der Waals surface area contributed by atoms with Gasteiger partial charge in [-0.3, -0.25) is 9.79 Å². The van der Waals surface area contributed by atoms with Crippen LogP contribution in [0.25, 0.3) is 0 Å². The Morgan fingerprint density at radius 3 is 2.87 bits per heavy atom. The molecule has 2 aliphatic rings. The first-order chi connectivity index (χ1) is 14.3. The number of furan rings is 1. The lowest BCUT2D eigenvalue weighted by Gasteiger charge is -2.23. The molecule has 2 aromatic rings. The molecule has 1 unspecified atom stereocenters. The second-order valence-corrected chi connectivity index (χ2v) is 7.70. The standard InChI is InChI=1S/C23H30N4O2.HI/c1-2-24-23(25-13-11-19-7-6-16-29-19)27-17-18(20-8-3-4-9-21(20)27)12-15-26-14-5-10-22(26)28;/h3-4,6-9,16,18H,2,5,10-15,17H2,1H3,(H,24,25);1H. The quantitative estimate of drug-likeness (QED) is 0.339. The number of carbonyl (C=O) groups is 1. The number of benzene rings is 1. The van der Waals surface area contributed by atoms with E-state index < -0.39 is 0 Å². The van der Waals surface area contributed by atoms with Crippen LogP contribution in [-0.4, -0.2) is 49.5 Å². The van der Waals surface area contributed by atoms with Gasteiger partial charge in [-0.15, -0.1) is 24.0 Å². The van der Waals surface area contributed by atoms with Gasteiger partial charge in [0, 0.05) is 57.2 Å². The number of halogens is 1. The highest BCUT2D eigenvalue weighted by Crippen LogP contribution is 2.38. The summed E-state index contributed by atoms with van der Waals surface area (Å²) >= 11 is 0. The summed E-state index contributed by atoms with van der Waals surface area (Å²) in [7, 11) is 0. The molecule has 1 saturated heterocycles. The van der Waals surface area contributed by atoms with Crippen molar-refractivity contribution in [2.24, 2.45) is 4.99 Å². The highest BCUT2D eigenvalue weighted by Gasteiger charge is 2.32. The summed E-state index contributed by atoms with van der Waals surface area (Å²) in [4.78, 5) is 21.2. The van der Waals surface area contributed by atoms with Gasteiger partial charge in [-0.2, -0.15) is 0 Å². The Morgan fingerprint density at radius 1 is 1.27 bits per heavy atom. The summed E-state index contributed by atoms with van der Waals surface area (Å²) in [5.74, 6) is 2.60. The number of nitrogens with one attached hydrogen (secondary N) is 1. The van der Waals surface area contributed by atoms with Crippen molar-refractivity contribution >= 4 is 41.5 Å². The van der Waals surface area contributed by atoms with Crippen LogP contribution in [0.5, 0.6) is 0 Å². The number of fused-ring (bicyclic) bond motifs is 1. The summed E-state index contributed by atoms with van der Waals surface area (Å²) < 4.78 is 5.43. The SMILES string of the molecule is CCNC(=NCCc1ccco1)N1CC(CCN2CCCC2=O)c2ccccc21.I. The van der Waals surface area contributed by atoms with Crippen molar-refractivity contribution < 1.29 is 9.21 Å². The van der Waals surface area contributed by atoms with Crippen LogP contribution >= 0.6 is 24.0 Å². The minimum absolute atomic E-state index is 0. The zero-order valence-corrected chi connectivity index (χ0v) is 19.9. The lowest BCUT2D eigenvalue weighted by Crippen LogP contribution is -2.41. The number of para-hydroxylation sites is 1. The van der Waals surface area contributed by atoms with E-state index in [1.54, 1.807) is 6.26 Å². The molecule has 0 radical (unpaired) electrons. The third-order valence-corrected chi connectivity index (χ3v) is 5.78. The molecule has 1 aromatic carbocycles. The molecule has 1 N–H and O–H groups in total. The Bertz CT molecular complexity index is 853. The highest BCUT2D eigenvalue weighted by atomic mass is 127. The first-order valence-electron chi connectivity index (χ1n) is 10.7. The fourth-order valence-electron chi connectivity index (χ4n) is 4.32. The Balaban J connectivity index is 0.00000256. The second-order valence-electron chi connectivity index (χ2n) is 7.70. The lowest BCUT2D eigenvalue weighted by atomic mass is 9.98. The molecule has 4 rings (SSSR count). The van der Waals surface area contributed by atoms with E-state index in [0.717, 1.165) is 57.2 Å². The molecule has 0 saturated carbocycles. The number of hydrogen-bond donors (Lipinski definition) is 1. The van der Waals surface area contributed by atoms with Gasteiger partial charge in [0.1, 0.15) is 5.76 Å². The molecule has 7 heteroatoms. The van der Waals surface area contributed by atoms with Gasteiger partial charge >= 0.3 is 0 Å². The molecule has 1 aromatic heterocycles. The zero-order chi connectivity index (χ0) is 20.1. The van der Waals surface area contributed by atoms with E-state index in [2.05, 4.69) is 41.4 Å². The summed E-state index contributed by atoms with van der Waals surface area (Å²) in [5, 5.41) is 3.45. The molecule has 0 aliphatic carbocycles. The van der Waals surface area contributed by atoms with Gasteiger partial charge in [0.2, 0.25) is 5.91 Å². The molecule has 1 amide bonds. The van der Waals surface area contributed by atoms with Crippen LogP contribution in [0.3, 0.4) is 0 Å². The van der Waals surface area contributed by atoms with Gasteiger partial charge < -0.3 is 19.5 Å². The topological polar surface area (TPSA) is 61.1 Å². The van der Waals surface area contributed by atoms with Gasteiger partial charge in [-0.25, -0.2) is 0 Å². The van der Waals surface area contributed by atoms with E-state index in [-0.39, 0.29) is 24.0 Å². The van der Waals surface area contributed by atoms with Crippen molar-refractivity contribution in [1.82, 2.24) is 10.2 Å². The zero-order valence-electron chi connectivity index (χ0n) is 17.5. The predicted molar refractivity (Wildman–Crippen MR) is 131 cm³/mol. The maximum absolute atomic E-state index is 12.0. The van der Waals surface area contributed by atoms with Crippen LogP contribution in [-0.2, 0) is 11.2 Å². The Hall–Kier alpha value is -2.03. The number of nitrogens with zero attached hydrogens (tertiary/aromatic N) is 3. The average molecular weight is 522 g/mol. The molecule has 6 nitrogen and oxygen atoms in total. The minimum Gasteiger partial charge on any atom is -0.469 e. The lowest BCUT2D eigenvalue weighted by molar-refractivity contribution is -0.127. The number of rotatable bonds is 7. The number of amides is 1. The van der Waals surface area contributed by atoms with E-state index in [0.29, 0.717) is 24.8 Å². The van der Waals surface area contributed by atoms with Gasteiger partial charge in [0.25, 0.3) is 0 Å². The third kappa shape index (κ3) is 5.17. The van der Waals surface area contributed by atoms with Crippen molar-refractivity contribution in [2.75, 3.05) is 37.6 Å². The molecule has 3 heterocycles. The number of likely N-dealkylation sites (tertiary alicyclic amines) is 1. The second kappa shape index (κ2) is 10.8. The normalized spacial score (nSPS) is 18.5. The van der Waals surface area contributed by atoms with Crippen molar-refractivity contribution in [3.05, 3.63) is 54.0 Å². The van der Waals surface area contributed by atoms with E-state index in [9.17, 15) is 4.79 Å². The molecule has 0 spiro atoms. The monoisotopic (exact) mass is 522 g/mol. The van der Waals surface area contributed by atoms with Crippen LogP contribution in [0.15, 0.2) is 52.1 Å².